The molecule has 1 fully saturated rings. The van der Waals surface area contributed by atoms with Crippen molar-refractivity contribution in [3.05, 3.63) is 107 Å². The molecule has 3 aromatic rings. The van der Waals surface area contributed by atoms with Gasteiger partial charge in [0, 0.05) is 42.2 Å². The van der Waals surface area contributed by atoms with E-state index >= 15 is 0 Å². The standard InChI is InChI=1S/C25H18F4N2O3S/c26-23-6-2-1-5-18(23)13-20-16-31(15-19(24(20)32)12-17-4-3-11-30-14-17)35(33,34)22-9-7-21(8-10-22)25(27,28)29/h1-14H,15-16H2/b19-12+,20-13+. The van der Waals surface area contributed by atoms with Crippen LogP contribution in [0.15, 0.2) is 89.1 Å². The van der Waals surface area contributed by atoms with Crippen LogP contribution in [0.5, 0.6) is 0 Å². The first-order valence-corrected chi connectivity index (χ1v) is 11.8. The van der Waals surface area contributed by atoms with Crippen molar-refractivity contribution in [3.63, 3.8) is 0 Å². The van der Waals surface area contributed by atoms with Gasteiger partial charge in [-0.3, -0.25) is 9.78 Å². The zero-order valence-corrected chi connectivity index (χ0v) is 18.9. The molecule has 0 radical (unpaired) electrons. The predicted molar refractivity (Wildman–Crippen MR) is 122 cm³/mol. The summed E-state index contributed by atoms with van der Waals surface area (Å²) in [6, 6.07) is 12.2. The second-order valence-corrected chi connectivity index (χ2v) is 9.71. The van der Waals surface area contributed by atoms with Crippen LogP contribution in [-0.4, -0.2) is 36.6 Å². The van der Waals surface area contributed by atoms with Crippen molar-refractivity contribution < 1.29 is 30.8 Å². The Morgan fingerprint density at radius 3 is 2.14 bits per heavy atom. The Morgan fingerprint density at radius 1 is 0.886 bits per heavy atom. The van der Waals surface area contributed by atoms with Gasteiger partial charge in [0.15, 0.2) is 5.78 Å². The highest BCUT2D eigenvalue weighted by Crippen LogP contribution is 2.31. The van der Waals surface area contributed by atoms with Crippen LogP contribution in [0.4, 0.5) is 17.6 Å². The fraction of sp³-hybridized carbons (Fsp3) is 0.120. The third-order valence-electron chi connectivity index (χ3n) is 5.36. The van der Waals surface area contributed by atoms with Crippen LogP contribution in [0.2, 0.25) is 0 Å². The van der Waals surface area contributed by atoms with Gasteiger partial charge < -0.3 is 0 Å². The highest BCUT2D eigenvalue weighted by molar-refractivity contribution is 7.89. The largest absolute Gasteiger partial charge is 0.416 e. The van der Waals surface area contributed by atoms with Gasteiger partial charge >= 0.3 is 6.18 Å². The van der Waals surface area contributed by atoms with Gasteiger partial charge in [-0.2, -0.15) is 17.5 Å². The monoisotopic (exact) mass is 502 g/mol. The highest BCUT2D eigenvalue weighted by atomic mass is 32.2. The molecule has 35 heavy (non-hydrogen) atoms. The smallest absolute Gasteiger partial charge is 0.289 e. The van der Waals surface area contributed by atoms with E-state index < -0.39 is 33.4 Å². The van der Waals surface area contributed by atoms with E-state index in [1.807, 2.05) is 0 Å². The van der Waals surface area contributed by atoms with Gasteiger partial charge in [-0.1, -0.05) is 24.3 Å². The average Bonchev–Trinajstić information content (AvgIpc) is 2.83. The second kappa shape index (κ2) is 9.55. The summed E-state index contributed by atoms with van der Waals surface area (Å²) in [6.07, 6.45) is 1.18. The molecule has 10 heteroatoms. The van der Waals surface area contributed by atoms with E-state index in [0.29, 0.717) is 17.7 Å². The molecule has 5 nitrogen and oxygen atoms in total. The van der Waals surface area contributed by atoms with E-state index in [-0.39, 0.29) is 34.7 Å². The van der Waals surface area contributed by atoms with E-state index in [4.69, 9.17) is 0 Å². The first kappa shape index (κ1) is 24.5. The van der Waals surface area contributed by atoms with Crippen molar-refractivity contribution in [2.45, 2.75) is 11.1 Å². The summed E-state index contributed by atoms with van der Waals surface area (Å²) in [6.45, 7) is -0.688. The lowest BCUT2D eigenvalue weighted by molar-refractivity contribution is -0.137. The SMILES string of the molecule is O=C1/C(=C/c2cccnc2)CN(S(=O)(=O)c2ccc(C(F)(F)F)cc2)C/C1=C\c1ccccc1F. The van der Waals surface area contributed by atoms with Crippen molar-refractivity contribution in [2.24, 2.45) is 0 Å². The van der Waals surface area contributed by atoms with Gasteiger partial charge in [-0.15, -0.1) is 0 Å². The zero-order chi connectivity index (χ0) is 25.2. The lowest BCUT2D eigenvalue weighted by Crippen LogP contribution is -2.41. The summed E-state index contributed by atoms with van der Waals surface area (Å²) in [4.78, 5) is 16.8. The van der Waals surface area contributed by atoms with E-state index in [1.165, 1.54) is 42.7 Å². The Labute approximate surface area is 199 Å². The van der Waals surface area contributed by atoms with E-state index in [2.05, 4.69) is 4.98 Å². The van der Waals surface area contributed by atoms with Crippen LogP contribution in [0.25, 0.3) is 12.2 Å². The molecule has 4 rings (SSSR count). The van der Waals surface area contributed by atoms with E-state index in [0.717, 1.165) is 16.4 Å². The number of halogens is 4. The summed E-state index contributed by atoms with van der Waals surface area (Å²) >= 11 is 0. The zero-order valence-electron chi connectivity index (χ0n) is 18.0. The molecule has 180 valence electrons. The third-order valence-corrected chi connectivity index (χ3v) is 7.16. The molecule has 1 aliphatic heterocycles. The molecule has 0 amide bonds. The van der Waals surface area contributed by atoms with Gasteiger partial charge in [-0.25, -0.2) is 12.8 Å². The van der Waals surface area contributed by atoms with Crippen LogP contribution in [0.1, 0.15) is 16.7 Å². The summed E-state index contributed by atoms with van der Waals surface area (Å²) in [5.74, 6) is -1.05. The van der Waals surface area contributed by atoms with E-state index in [1.54, 1.807) is 18.2 Å². The molecule has 2 heterocycles. The Hall–Kier alpha value is -3.63. The Balaban J connectivity index is 1.77. The van der Waals surface area contributed by atoms with Crippen molar-refractivity contribution in [1.29, 1.82) is 0 Å². The summed E-state index contributed by atoms with van der Waals surface area (Å²) in [5.41, 5.74) is -0.197. The predicted octanol–water partition coefficient (Wildman–Crippen LogP) is 4.98. The topological polar surface area (TPSA) is 67.3 Å². The maximum atomic E-state index is 14.2. The minimum atomic E-state index is -4.62. The fourth-order valence-corrected chi connectivity index (χ4v) is 4.98. The lowest BCUT2D eigenvalue weighted by Gasteiger charge is -2.29. The van der Waals surface area contributed by atoms with Gasteiger partial charge in [0.25, 0.3) is 0 Å². The molecular formula is C25H18F4N2O3S. The normalized spacial score (nSPS) is 17.8. The van der Waals surface area contributed by atoms with Gasteiger partial charge in [0.1, 0.15) is 5.82 Å². The number of carbonyl (C=O) groups is 1. The first-order valence-electron chi connectivity index (χ1n) is 10.3. The number of Topliss-reactive ketones (excluding diaryl/α,β-unsaturated/α-hetero) is 1. The molecule has 1 saturated heterocycles. The van der Waals surface area contributed by atoms with Crippen molar-refractivity contribution in [2.75, 3.05) is 13.1 Å². The number of ketones is 1. The molecule has 1 aliphatic rings. The quantitative estimate of drug-likeness (QED) is 0.373. The highest BCUT2D eigenvalue weighted by Gasteiger charge is 2.35. The number of hydrogen-bond acceptors (Lipinski definition) is 4. The Bertz CT molecular complexity index is 1420. The Kier molecular flexibility index (Phi) is 6.68. The van der Waals surface area contributed by atoms with Crippen LogP contribution < -0.4 is 0 Å². The van der Waals surface area contributed by atoms with Crippen molar-refractivity contribution >= 4 is 28.0 Å². The second-order valence-electron chi connectivity index (χ2n) is 7.77. The number of carbonyl (C=O) groups excluding carboxylic acids is 1. The molecule has 2 aromatic carbocycles. The molecular weight excluding hydrogens is 484 g/mol. The molecule has 1 aromatic heterocycles. The van der Waals surface area contributed by atoms with Gasteiger partial charge in [0.2, 0.25) is 10.0 Å². The maximum Gasteiger partial charge on any atom is 0.416 e. The fourth-order valence-electron chi connectivity index (χ4n) is 3.59. The summed E-state index contributed by atoms with van der Waals surface area (Å²) in [5, 5.41) is 0. The number of pyridine rings is 1. The number of rotatable bonds is 4. The maximum absolute atomic E-state index is 14.2. The number of piperidine rings is 1. The molecule has 0 N–H and O–H groups in total. The minimum absolute atomic E-state index is 0.0203. The first-order chi connectivity index (χ1) is 16.6. The lowest BCUT2D eigenvalue weighted by atomic mass is 9.96. The van der Waals surface area contributed by atoms with Crippen LogP contribution in [0.3, 0.4) is 0 Å². The van der Waals surface area contributed by atoms with E-state index in [9.17, 15) is 30.8 Å². The van der Waals surface area contributed by atoms with Crippen molar-refractivity contribution in [3.8, 4) is 0 Å². The minimum Gasteiger partial charge on any atom is -0.289 e. The van der Waals surface area contributed by atoms with Gasteiger partial charge in [0.05, 0.1) is 10.5 Å². The van der Waals surface area contributed by atoms with Crippen LogP contribution >= 0.6 is 0 Å². The number of alkyl halides is 3. The molecule has 0 aliphatic carbocycles. The number of hydrogen-bond donors (Lipinski definition) is 0. The molecule has 0 spiro atoms. The molecule has 0 bridgehead atoms. The molecule has 0 saturated carbocycles. The van der Waals surface area contributed by atoms with Gasteiger partial charge in [-0.05, 0) is 54.1 Å². The Morgan fingerprint density at radius 2 is 1.54 bits per heavy atom. The average molecular weight is 502 g/mol. The van der Waals surface area contributed by atoms with Crippen LogP contribution in [0, 0.1) is 5.82 Å². The third kappa shape index (κ3) is 5.39. The molecule has 0 atom stereocenters. The molecule has 0 unspecified atom stereocenters. The van der Waals surface area contributed by atoms with Crippen LogP contribution in [-0.2, 0) is 21.0 Å². The summed E-state index contributed by atoms with van der Waals surface area (Å²) < 4.78 is 80.6. The number of benzene rings is 2. The summed E-state index contributed by atoms with van der Waals surface area (Å²) in [7, 11) is -4.29. The number of sulfonamides is 1. The number of aromatic nitrogens is 1. The van der Waals surface area contributed by atoms with Crippen molar-refractivity contribution in [1.82, 2.24) is 9.29 Å². The number of nitrogens with zero attached hydrogens (tertiary/aromatic N) is 2.